The van der Waals surface area contributed by atoms with Gasteiger partial charge in [-0.05, 0) is 42.8 Å². The number of hydrogen-bond donors (Lipinski definition) is 2. The first-order valence-corrected chi connectivity index (χ1v) is 5.79. The second-order valence-corrected chi connectivity index (χ2v) is 4.32. The Morgan fingerprint density at radius 3 is 2.74 bits per heavy atom. The lowest BCUT2D eigenvalue weighted by Crippen LogP contribution is -2.03. The highest BCUT2D eigenvalue weighted by molar-refractivity contribution is 6.31. The predicted molar refractivity (Wildman–Crippen MR) is 71.9 cm³/mol. The minimum atomic E-state index is -1.14. The molecule has 1 heterocycles. The molecule has 0 aliphatic carbocycles. The first kappa shape index (κ1) is 13.2. The van der Waals surface area contributed by atoms with Crippen LogP contribution >= 0.6 is 11.6 Å². The Morgan fingerprint density at radius 1 is 1.37 bits per heavy atom. The van der Waals surface area contributed by atoms with Crippen LogP contribution in [-0.4, -0.2) is 16.1 Å². The summed E-state index contributed by atoms with van der Waals surface area (Å²) in [5, 5.41) is 9.49. The lowest BCUT2D eigenvalue weighted by Gasteiger charge is -2.09. The van der Waals surface area contributed by atoms with Crippen molar-refractivity contribution in [1.29, 1.82) is 0 Å². The third-order valence-corrected chi connectivity index (χ3v) is 2.88. The van der Waals surface area contributed by atoms with E-state index in [4.69, 9.17) is 27.2 Å². The number of nitrogens with zero attached hydrogens (tertiary/aromatic N) is 1. The molecule has 19 heavy (non-hydrogen) atoms. The summed E-state index contributed by atoms with van der Waals surface area (Å²) in [6.45, 7) is 1.83. The van der Waals surface area contributed by atoms with Crippen LogP contribution in [0.4, 0.5) is 5.69 Å². The molecule has 3 N–H and O–H groups in total. The van der Waals surface area contributed by atoms with Gasteiger partial charge in [0.05, 0.1) is 5.69 Å². The Bertz CT molecular complexity index is 644. The van der Waals surface area contributed by atoms with Gasteiger partial charge in [0.25, 0.3) is 0 Å². The number of nitrogens with two attached hydrogens (primary N) is 1. The molecule has 0 saturated heterocycles. The smallest absolute Gasteiger partial charge is 0.354 e. The fraction of sp³-hybridized carbons (Fsp3) is 0.0769. The number of ether oxygens (including phenoxy) is 1. The van der Waals surface area contributed by atoms with Gasteiger partial charge in [-0.2, -0.15) is 0 Å². The van der Waals surface area contributed by atoms with E-state index in [1.807, 2.05) is 6.92 Å². The number of aryl methyl sites for hydroxylation is 1. The molecular weight excluding hydrogens is 268 g/mol. The molecule has 0 atom stereocenters. The van der Waals surface area contributed by atoms with Gasteiger partial charge in [-0.15, -0.1) is 0 Å². The van der Waals surface area contributed by atoms with E-state index in [0.29, 0.717) is 10.8 Å². The molecule has 2 rings (SSSR count). The van der Waals surface area contributed by atoms with Crippen molar-refractivity contribution in [2.24, 2.45) is 0 Å². The molecule has 98 valence electrons. The van der Waals surface area contributed by atoms with E-state index in [1.165, 1.54) is 12.1 Å². The van der Waals surface area contributed by atoms with Crippen molar-refractivity contribution >= 4 is 23.3 Å². The SMILES string of the molecule is Cc1cc(Oc2nc(C(=O)O)ccc2N)ccc1Cl. The van der Waals surface area contributed by atoms with Gasteiger partial charge in [0.1, 0.15) is 5.75 Å². The Kier molecular flexibility index (Phi) is 3.57. The summed E-state index contributed by atoms with van der Waals surface area (Å²) in [4.78, 5) is 14.7. The number of carboxylic acids is 1. The average Bonchev–Trinajstić information content (AvgIpc) is 2.36. The normalized spacial score (nSPS) is 10.2. The van der Waals surface area contributed by atoms with E-state index in [0.717, 1.165) is 5.56 Å². The number of nitrogen functional groups attached to an aromatic ring is 1. The number of carboxylic acid groups (broad SMARTS) is 1. The number of pyridine rings is 1. The molecular formula is C13H11ClN2O3. The maximum absolute atomic E-state index is 10.8. The second kappa shape index (κ2) is 5.16. The molecule has 5 nitrogen and oxygen atoms in total. The number of carbonyl (C=O) groups is 1. The quantitative estimate of drug-likeness (QED) is 0.901. The number of benzene rings is 1. The third-order valence-electron chi connectivity index (χ3n) is 2.45. The van der Waals surface area contributed by atoms with E-state index in [-0.39, 0.29) is 17.3 Å². The van der Waals surface area contributed by atoms with Crippen molar-refractivity contribution in [3.05, 3.63) is 46.6 Å². The molecule has 0 spiro atoms. The van der Waals surface area contributed by atoms with Crippen molar-refractivity contribution in [1.82, 2.24) is 4.98 Å². The molecule has 0 aliphatic heterocycles. The van der Waals surface area contributed by atoms with Gasteiger partial charge < -0.3 is 15.6 Å². The van der Waals surface area contributed by atoms with E-state index in [1.54, 1.807) is 18.2 Å². The zero-order valence-electron chi connectivity index (χ0n) is 10.1. The summed E-state index contributed by atoms with van der Waals surface area (Å²) < 4.78 is 5.48. The maximum atomic E-state index is 10.8. The topological polar surface area (TPSA) is 85.4 Å². The lowest BCUT2D eigenvalue weighted by atomic mass is 10.2. The minimum absolute atomic E-state index is 0.0571. The monoisotopic (exact) mass is 278 g/mol. The van der Waals surface area contributed by atoms with Crippen LogP contribution in [0.5, 0.6) is 11.6 Å². The van der Waals surface area contributed by atoms with Crippen LogP contribution in [0.15, 0.2) is 30.3 Å². The Balaban J connectivity index is 2.34. The summed E-state index contributed by atoms with van der Waals surface area (Å²) >= 11 is 5.91. The molecule has 0 radical (unpaired) electrons. The molecule has 0 amide bonds. The summed E-state index contributed by atoms with van der Waals surface area (Å²) in [6, 6.07) is 7.82. The predicted octanol–water partition coefficient (Wildman–Crippen LogP) is 3.12. The van der Waals surface area contributed by atoms with Gasteiger partial charge in [0.2, 0.25) is 5.88 Å². The first-order valence-electron chi connectivity index (χ1n) is 5.41. The second-order valence-electron chi connectivity index (χ2n) is 3.91. The molecule has 1 aromatic carbocycles. The molecule has 2 aromatic rings. The van der Waals surface area contributed by atoms with Crippen LogP contribution in [-0.2, 0) is 0 Å². The Labute approximate surface area is 114 Å². The summed E-state index contributed by atoms with van der Waals surface area (Å²) in [5.74, 6) is -0.595. The number of halogens is 1. The fourth-order valence-corrected chi connectivity index (χ4v) is 1.56. The molecule has 0 saturated carbocycles. The van der Waals surface area contributed by atoms with Gasteiger partial charge in [-0.25, -0.2) is 9.78 Å². The van der Waals surface area contributed by atoms with E-state index in [2.05, 4.69) is 4.98 Å². The van der Waals surface area contributed by atoms with E-state index < -0.39 is 5.97 Å². The number of aromatic carboxylic acids is 1. The summed E-state index contributed by atoms with van der Waals surface area (Å²) in [7, 11) is 0. The van der Waals surface area contributed by atoms with Gasteiger partial charge in [-0.3, -0.25) is 0 Å². The van der Waals surface area contributed by atoms with Crippen LogP contribution in [0.25, 0.3) is 0 Å². The molecule has 0 bridgehead atoms. The van der Waals surface area contributed by atoms with Crippen LogP contribution in [0, 0.1) is 6.92 Å². The number of aromatic nitrogens is 1. The largest absolute Gasteiger partial charge is 0.477 e. The van der Waals surface area contributed by atoms with Gasteiger partial charge >= 0.3 is 5.97 Å². The number of hydrogen-bond acceptors (Lipinski definition) is 4. The number of anilines is 1. The Hall–Kier alpha value is -2.27. The first-order chi connectivity index (χ1) is 8.97. The van der Waals surface area contributed by atoms with E-state index in [9.17, 15) is 4.79 Å². The minimum Gasteiger partial charge on any atom is -0.477 e. The molecule has 0 aliphatic rings. The highest BCUT2D eigenvalue weighted by atomic mass is 35.5. The van der Waals surface area contributed by atoms with Crippen molar-refractivity contribution in [3.8, 4) is 11.6 Å². The number of rotatable bonds is 3. The zero-order valence-corrected chi connectivity index (χ0v) is 10.8. The van der Waals surface area contributed by atoms with Gasteiger partial charge in [-0.1, -0.05) is 11.6 Å². The highest BCUT2D eigenvalue weighted by Gasteiger charge is 2.10. The van der Waals surface area contributed by atoms with Crippen molar-refractivity contribution in [2.45, 2.75) is 6.92 Å². The average molecular weight is 279 g/mol. The summed E-state index contributed by atoms with van der Waals surface area (Å²) in [6.07, 6.45) is 0. The van der Waals surface area contributed by atoms with Crippen LogP contribution in [0.3, 0.4) is 0 Å². The van der Waals surface area contributed by atoms with Gasteiger partial charge in [0, 0.05) is 5.02 Å². The van der Waals surface area contributed by atoms with Crippen LogP contribution in [0.2, 0.25) is 5.02 Å². The maximum Gasteiger partial charge on any atom is 0.354 e. The summed E-state index contributed by atoms with van der Waals surface area (Å²) in [5.41, 5.74) is 6.67. The standard InChI is InChI=1S/C13H11ClN2O3/c1-7-6-8(2-3-9(7)14)19-12-10(15)4-5-11(16-12)13(17)18/h2-6H,15H2,1H3,(H,17,18). The Morgan fingerprint density at radius 2 is 2.11 bits per heavy atom. The molecule has 6 heteroatoms. The van der Waals surface area contributed by atoms with Crippen LogP contribution in [0.1, 0.15) is 16.1 Å². The van der Waals surface area contributed by atoms with E-state index >= 15 is 0 Å². The van der Waals surface area contributed by atoms with Crippen molar-refractivity contribution < 1.29 is 14.6 Å². The fourth-order valence-electron chi connectivity index (χ4n) is 1.44. The van der Waals surface area contributed by atoms with Gasteiger partial charge in [0.15, 0.2) is 5.69 Å². The third kappa shape index (κ3) is 2.95. The molecule has 1 aromatic heterocycles. The molecule has 0 fully saturated rings. The van der Waals surface area contributed by atoms with Crippen molar-refractivity contribution in [2.75, 3.05) is 5.73 Å². The highest BCUT2D eigenvalue weighted by Crippen LogP contribution is 2.28. The lowest BCUT2D eigenvalue weighted by molar-refractivity contribution is 0.0689. The zero-order chi connectivity index (χ0) is 14.0. The molecule has 0 unspecified atom stereocenters. The van der Waals surface area contributed by atoms with Crippen molar-refractivity contribution in [3.63, 3.8) is 0 Å². The van der Waals surface area contributed by atoms with Crippen LogP contribution < -0.4 is 10.5 Å².